The largest absolute Gasteiger partial charge is 0.496 e. The molecule has 2 rings (SSSR count). The predicted octanol–water partition coefficient (Wildman–Crippen LogP) is 2.13. The second-order valence-corrected chi connectivity index (χ2v) is 5.27. The van der Waals surface area contributed by atoms with Crippen molar-refractivity contribution < 1.29 is 41.7 Å². The number of carbonyl (C=O) groups is 1. The van der Waals surface area contributed by atoms with Crippen molar-refractivity contribution in [3.63, 3.8) is 0 Å². The van der Waals surface area contributed by atoms with E-state index in [2.05, 4.69) is 5.10 Å². The summed E-state index contributed by atoms with van der Waals surface area (Å²) in [5.74, 6) is -1.12. The quantitative estimate of drug-likeness (QED) is 0.765. The van der Waals surface area contributed by atoms with Crippen LogP contribution in [0.15, 0.2) is 17.2 Å². The van der Waals surface area contributed by atoms with Crippen LogP contribution in [0.5, 0.6) is 17.2 Å². The first-order chi connectivity index (χ1) is 12.2. The van der Waals surface area contributed by atoms with E-state index in [0.717, 1.165) is 6.07 Å². The highest BCUT2D eigenvalue weighted by Gasteiger charge is 2.53. The Hall–Kier alpha value is -2.56. The van der Waals surface area contributed by atoms with Crippen LogP contribution in [0.4, 0.5) is 17.6 Å². The van der Waals surface area contributed by atoms with E-state index in [1.807, 2.05) is 0 Å². The minimum atomic E-state index is -3.53. The second kappa shape index (κ2) is 7.36. The molecule has 0 bridgehead atoms. The highest BCUT2D eigenvalue weighted by molar-refractivity contribution is 6.01. The maximum Gasteiger partial charge on any atom is 0.287 e. The van der Waals surface area contributed by atoms with Gasteiger partial charge in [0.15, 0.2) is 11.5 Å². The van der Waals surface area contributed by atoms with Crippen molar-refractivity contribution in [2.75, 3.05) is 21.3 Å². The number of hydrogen-bond acceptors (Lipinski definition) is 6. The summed E-state index contributed by atoms with van der Waals surface area (Å²) in [6.45, 7) is 0. The van der Waals surface area contributed by atoms with Gasteiger partial charge in [0.2, 0.25) is 5.72 Å². The van der Waals surface area contributed by atoms with Crippen molar-refractivity contribution in [3.8, 4) is 17.2 Å². The molecule has 1 N–H and O–H groups in total. The van der Waals surface area contributed by atoms with E-state index in [4.69, 9.17) is 14.2 Å². The van der Waals surface area contributed by atoms with E-state index in [0.29, 0.717) is 0 Å². The van der Waals surface area contributed by atoms with Crippen LogP contribution in [-0.2, 0) is 0 Å². The molecular weight excluding hydrogens is 364 g/mol. The van der Waals surface area contributed by atoms with Crippen LogP contribution in [0.1, 0.15) is 16.8 Å². The molecule has 7 nitrogen and oxygen atoms in total. The lowest BCUT2D eigenvalue weighted by Crippen LogP contribution is -2.51. The van der Waals surface area contributed by atoms with Crippen LogP contribution in [0.2, 0.25) is 0 Å². The van der Waals surface area contributed by atoms with Gasteiger partial charge in [0.1, 0.15) is 11.5 Å². The number of alkyl halides is 4. The SMILES string of the molecule is COc1cc(OC)c(C(=O)N2N=C(C(F)F)C[C@@]2(O)C(F)F)cc1OC. The third kappa shape index (κ3) is 3.26. The van der Waals surface area contributed by atoms with Crippen LogP contribution in [0.3, 0.4) is 0 Å². The first-order valence-electron chi connectivity index (χ1n) is 7.20. The number of amides is 1. The molecule has 1 heterocycles. The molecule has 0 fully saturated rings. The van der Waals surface area contributed by atoms with Crippen LogP contribution in [0.25, 0.3) is 0 Å². The smallest absolute Gasteiger partial charge is 0.287 e. The number of ether oxygens (including phenoxy) is 3. The van der Waals surface area contributed by atoms with Crippen molar-refractivity contribution in [1.82, 2.24) is 5.01 Å². The Labute approximate surface area is 145 Å². The number of halogens is 4. The molecule has 144 valence electrons. The summed E-state index contributed by atoms with van der Waals surface area (Å²) in [6.07, 6.45) is -7.91. The fourth-order valence-corrected chi connectivity index (χ4v) is 2.41. The van der Waals surface area contributed by atoms with E-state index in [-0.39, 0.29) is 27.8 Å². The zero-order chi connectivity index (χ0) is 19.6. The molecule has 0 saturated heterocycles. The summed E-state index contributed by atoms with van der Waals surface area (Å²) < 4.78 is 67.4. The lowest BCUT2D eigenvalue weighted by Gasteiger charge is -2.30. The summed E-state index contributed by atoms with van der Waals surface area (Å²) >= 11 is 0. The average molecular weight is 380 g/mol. The number of rotatable bonds is 6. The fourth-order valence-electron chi connectivity index (χ4n) is 2.41. The van der Waals surface area contributed by atoms with Crippen LogP contribution in [0, 0.1) is 0 Å². The van der Waals surface area contributed by atoms with E-state index in [1.54, 1.807) is 0 Å². The van der Waals surface area contributed by atoms with Gasteiger partial charge in [0.25, 0.3) is 18.8 Å². The molecule has 0 aliphatic carbocycles. The molecule has 1 aliphatic rings. The maximum absolute atomic E-state index is 13.3. The van der Waals surface area contributed by atoms with Crippen molar-refractivity contribution in [3.05, 3.63) is 17.7 Å². The Morgan fingerprint density at radius 3 is 2.12 bits per heavy atom. The van der Waals surface area contributed by atoms with Crippen molar-refractivity contribution in [1.29, 1.82) is 0 Å². The minimum absolute atomic E-state index is 0.0526. The molecule has 11 heteroatoms. The van der Waals surface area contributed by atoms with Crippen LogP contribution >= 0.6 is 0 Å². The van der Waals surface area contributed by atoms with Gasteiger partial charge < -0.3 is 19.3 Å². The van der Waals surface area contributed by atoms with E-state index in [1.165, 1.54) is 27.4 Å². The minimum Gasteiger partial charge on any atom is -0.496 e. The first kappa shape index (κ1) is 19.8. The summed E-state index contributed by atoms with van der Waals surface area (Å²) in [7, 11) is 3.81. The summed E-state index contributed by atoms with van der Waals surface area (Å²) in [5, 5.41) is 13.2. The Kier molecular flexibility index (Phi) is 5.59. The number of hydrazone groups is 1. The molecule has 0 spiro atoms. The number of nitrogens with zero attached hydrogens (tertiary/aromatic N) is 2. The van der Waals surface area contributed by atoms with E-state index in [9.17, 15) is 27.5 Å². The summed E-state index contributed by atoms with van der Waals surface area (Å²) in [6, 6.07) is 2.36. The number of hydrogen-bond donors (Lipinski definition) is 1. The molecule has 0 radical (unpaired) electrons. The number of aliphatic hydroxyl groups is 1. The Bertz CT molecular complexity index is 728. The standard InChI is InChI=1S/C15H16F4N2O5/c1-24-9-5-11(26-3)10(25-2)4-7(9)13(22)21-15(23,14(18)19)6-8(20-21)12(16)17/h4-5,12,14,23H,6H2,1-3H3/t15-/m1/s1. The maximum atomic E-state index is 13.3. The van der Waals surface area contributed by atoms with Gasteiger partial charge in [-0.3, -0.25) is 4.79 Å². The van der Waals surface area contributed by atoms with Gasteiger partial charge in [-0.1, -0.05) is 0 Å². The predicted molar refractivity (Wildman–Crippen MR) is 81.3 cm³/mol. The van der Waals surface area contributed by atoms with Gasteiger partial charge in [-0.05, 0) is 0 Å². The Morgan fingerprint density at radius 2 is 1.65 bits per heavy atom. The van der Waals surface area contributed by atoms with Crippen LogP contribution < -0.4 is 14.2 Å². The van der Waals surface area contributed by atoms with Gasteiger partial charge in [-0.2, -0.15) is 10.1 Å². The Morgan fingerprint density at radius 1 is 1.12 bits per heavy atom. The third-order valence-electron chi connectivity index (χ3n) is 3.77. The molecule has 1 aromatic rings. The molecule has 1 aromatic carbocycles. The average Bonchev–Trinajstić information content (AvgIpc) is 2.99. The zero-order valence-electron chi connectivity index (χ0n) is 14.0. The van der Waals surface area contributed by atoms with Crippen LogP contribution in [-0.4, -0.2) is 61.6 Å². The molecule has 0 aromatic heterocycles. The van der Waals surface area contributed by atoms with Crippen molar-refractivity contribution in [2.45, 2.75) is 25.0 Å². The third-order valence-corrected chi connectivity index (χ3v) is 3.77. The number of benzene rings is 1. The van der Waals surface area contributed by atoms with Crippen molar-refractivity contribution in [2.24, 2.45) is 5.10 Å². The normalized spacial score (nSPS) is 19.8. The number of carbonyl (C=O) groups excluding carboxylic acids is 1. The van der Waals surface area contributed by atoms with Gasteiger partial charge in [-0.15, -0.1) is 0 Å². The molecular formula is C15H16F4N2O5. The van der Waals surface area contributed by atoms with E-state index < -0.39 is 36.6 Å². The van der Waals surface area contributed by atoms with Crippen molar-refractivity contribution >= 4 is 11.6 Å². The zero-order valence-corrected chi connectivity index (χ0v) is 14.0. The molecule has 1 aliphatic heterocycles. The molecule has 0 unspecified atom stereocenters. The summed E-state index contributed by atoms with van der Waals surface area (Å²) in [4.78, 5) is 12.7. The van der Waals surface area contributed by atoms with Gasteiger partial charge in [0, 0.05) is 18.6 Å². The van der Waals surface area contributed by atoms with Gasteiger partial charge in [0.05, 0.1) is 26.9 Å². The second-order valence-electron chi connectivity index (χ2n) is 5.27. The lowest BCUT2D eigenvalue weighted by molar-refractivity contribution is -0.164. The lowest BCUT2D eigenvalue weighted by atomic mass is 10.1. The fraction of sp³-hybridized carbons (Fsp3) is 0.467. The van der Waals surface area contributed by atoms with E-state index >= 15 is 0 Å². The topological polar surface area (TPSA) is 80.6 Å². The molecule has 1 atom stereocenters. The number of methoxy groups -OCH3 is 3. The molecule has 26 heavy (non-hydrogen) atoms. The Balaban J connectivity index is 2.55. The first-order valence-corrected chi connectivity index (χ1v) is 7.20. The molecule has 0 saturated carbocycles. The highest BCUT2D eigenvalue weighted by atomic mass is 19.3. The highest BCUT2D eigenvalue weighted by Crippen LogP contribution is 2.39. The monoisotopic (exact) mass is 380 g/mol. The van der Waals surface area contributed by atoms with Gasteiger partial charge in [-0.25, -0.2) is 17.6 Å². The summed E-state index contributed by atoms with van der Waals surface area (Å²) in [5.41, 5.74) is -4.55. The molecule has 1 amide bonds. The van der Waals surface area contributed by atoms with Gasteiger partial charge >= 0.3 is 0 Å².